The van der Waals surface area contributed by atoms with Crippen molar-refractivity contribution in [2.45, 2.75) is 12.8 Å². The van der Waals surface area contributed by atoms with E-state index in [1.54, 1.807) is 7.11 Å². The van der Waals surface area contributed by atoms with Crippen molar-refractivity contribution < 1.29 is 4.74 Å². The smallest absolute Gasteiger partial charge is 0.0959 e. The van der Waals surface area contributed by atoms with Crippen LogP contribution in [0.4, 0.5) is 0 Å². The molecule has 50 valence electrons. The lowest BCUT2D eigenvalue weighted by Crippen LogP contribution is -1.90. The van der Waals surface area contributed by atoms with Gasteiger partial charge in [-0.2, -0.15) is 0 Å². The lowest BCUT2D eigenvalue weighted by atomic mass is 10.2. The van der Waals surface area contributed by atoms with E-state index in [2.05, 4.69) is 28.7 Å². The zero-order valence-electron chi connectivity index (χ0n) is 5.36. The molecule has 0 heterocycles. The summed E-state index contributed by atoms with van der Waals surface area (Å²) in [6, 6.07) is 0. The standard InChI is InChI=1S/C7H9IO/c1-9-7-4-2-6(8)3-5-7/h2,4H,3,5H2,1H3. The first kappa shape index (κ1) is 7.12. The van der Waals surface area contributed by atoms with Gasteiger partial charge in [-0.3, -0.25) is 0 Å². The van der Waals surface area contributed by atoms with Crippen LogP contribution in [0, 0.1) is 0 Å². The summed E-state index contributed by atoms with van der Waals surface area (Å²) < 4.78 is 6.46. The third-order valence-corrected chi connectivity index (χ3v) is 2.22. The molecule has 0 aromatic heterocycles. The second-order valence-corrected chi connectivity index (χ2v) is 3.34. The van der Waals surface area contributed by atoms with E-state index in [1.807, 2.05) is 6.08 Å². The van der Waals surface area contributed by atoms with Crippen molar-refractivity contribution >= 4 is 22.6 Å². The van der Waals surface area contributed by atoms with Gasteiger partial charge in [0.1, 0.15) is 0 Å². The molecule has 1 aliphatic carbocycles. The highest BCUT2D eigenvalue weighted by molar-refractivity contribution is 14.1. The molecule has 0 radical (unpaired) electrons. The molecule has 0 saturated heterocycles. The largest absolute Gasteiger partial charge is 0.501 e. The lowest BCUT2D eigenvalue weighted by Gasteiger charge is -2.08. The van der Waals surface area contributed by atoms with Gasteiger partial charge in [0.2, 0.25) is 0 Å². The Morgan fingerprint density at radius 1 is 1.44 bits per heavy atom. The zero-order valence-corrected chi connectivity index (χ0v) is 7.51. The monoisotopic (exact) mass is 236 g/mol. The molecular weight excluding hydrogens is 227 g/mol. The van der Waals surface area contributed by atoms with E-state index in [0.29, 0.717) is 0 Å². The van der Waals surface area contributed by atoms with Crippen LogP contribution in [0.2, 0.25) is 0 Å². The molecule has 1 rings (SSSR count). The van der Waals surface area contributed by atoms with Gasteiger partial charge in [-0.05, 0) is 44.7 Å². The fraction of sp³-hybridized carbons (Fsp3) is 0.429. The molecule has 1 aliphatic rings. The van der Waals surface area contributed by atoms with Gasteiger partial charge >= 0.3 is 0 Å². The van der Waals surface area contributed by atoms with Crippen molar-refractivity contribution in [2.75, 3.05) is 7.11 Å². The van der Waals surface area contributed by atoms with Crippen molar-refractivity contribution in [3.63, 3.8) is 0 Å². The molecule has 0 bridgehead atoms. The first-order chi connectivity index (χ1) is 4.33. The normalized spacial score (nSPS) is 18.4. The van der Waals surface area contributed by atoms with Gasteiger partial charge in [0.25, 0.3) is 0 Å². The van der Waals surface area contributed by atoms with Crippen LogP contribution in [-0.4, -0.2) is 7.11 Å². The van der Waals surface area contributed by atoms with Gasteiger partial charge in [0.05, 0.1) is 12.9 Å². The Hall–Kier alpha value is 0.01000. The van der Waals surface area contributed by atoms with Crippen LogP contribution in [-0.2, 0) is 4.74 Å². The Morgan fingerprint density at radius 2 is 2.22 bits per heavy atom. The second kappa shape index (κ2) is 3.25. The minimum Gasteiger partial charge on any atom is -0.501 e. The van der Waals surface area contributed by atoms with Gasteiger partial charge in [0, 0.05) is 6.42 Å². The summed E-state index contributed by atoms with van der Waals surface area (Å²) in [6.07, 6.45) is 6.33. The zero-order chi connectivity index (χ0) is 6.69. The molecule has 0 fully saturated rings. The Balaban J connectivity index is 2.59. The SMILES string of the molecule is COC1=CC=C(I)CC1. The van der Waals surface area contributed by atoms with Crippen molar-refractivity contribution in [3.8, 4) is 0 Å². The van der Waals surface area contributed by atoms with E-state index in [4.69, 9.17) is 4.74 Å². The molecule has 2 heteroatoms. The predicted molar refractivity (Wildman–Crippen MR) is 46.4 cm³/mol. The fourth-order valence-corrected chi connectivity index (χ4v) is 1.21. The summed E-state index contributed by atoms with van der Waals surface area (Å²) in [4.78, 5) is 0. The number of hydrogen-bond acceptors (Lipinski definition) is 1. The van der Waals surface area contributed by atoms with Gasteiger partial charge in [0.15, 0.2) is 0 Å². The highest BCUT2D eigenvalue weighted by atomic mass is 127. The number of ether oxygens (including phenoxy) is 1. The van der Waals surface area contributed by atoms with Crippen molar-refractivity contribution in [2.24, 2.45) is 0 Å². The van der Waals surface area contributed by atoms with Crippen LogP contribution in [0.15, 0.2) is 21.5 Å². The lowest BCUT2D eigenvalue weighted by molar-refractivity contribution is 0.276. The number of halogens is 1. The van der Waals surface area contributed by atoms with Crippen LogP contribution < -0.4 is 0 Å². The molecule has 0 spiro atoms. The second-order valence-electron chi connectivity index (χ2n) is 1.95. The first-order valence-corrected chi connectivity index (χ1v) is 4.00. The average Bonchev–Trinajstić information content (AvgIpc) is 1.90. The summed E-state index contributed by atoms with van der Waals surface area (Å²) in [7, 11) is 1.72. The van der Waals surface area contributed by atoms with E-state index in [9.17, 15) is 0 Å². The molecule has 0 atom stereocenters. The van der Waals surface area contributed by atoms with Crippen LogP contribution in [0.5, 0.6) is 0 Å². The maximum Gasteiger partial charge on any atom is 0.0959 e. The summed E-state index contributed by atoms with van der Waals surface area (Å²) >= 11 is 2.34. The van der Waals surface area contributed by atoms with Crippen LogP contribution >= 0.6 is 22.6 Å². The highest BCUT2D eigenvalue weighted by Crippen LogP contribution is 2.22. The van der Waals surface area contributed by atoms with Gasteiger partial charge in [-0.25, -0.2) is 0 Å². The summed E-state index contributed by atoms with van der Waals surface area (Å²) in [5, 5.41) is 0. The maximum absolute atomic E-state index is 5.05. The molecule has 0 aromatic rings. The molecule has 0 unspecified atom stereocenters. The van der Waals surface area contributed by atoms with Crippen LogP contribution in [0.3, 0.4) is 0 Å². The minimum absolute atomic E-state index is 1.06. The number of allylic oxidation sites excluding steroid dienone is 4. The molecule has 1 nitrogen and oxygen atoms in total. The highest BCUT2D eigenvalue weighted by Gasteiger charge is 2.01. The van der Waals surface area contributed by atoms with Crippen LogP contribution in [0.25, 0.3) is 0 Å². The Kier molecular flexibility index (Phi) is 2.57. The predicted octanol–water partition coefficient (Wildman–Crippen LogP) is 2.63. The maximum atomic E-state index is 5.05. The van der Waals surface area contributed by atoms with Crippen molar-refractivity contribution in [3.05, 3.63) is 21.5 Å². The molecular formula is C7H9IO. The number of methoxy groups -OCH3 is 1. The Bertz CT molecular complexity index is 158. The van der Waals surface area contributed by atoms with E-state index in [1.165, 1.54) is 3.58 Å². The number of hydrogen-bond donors (Lipinski definition) is 0. The van der Waals surface area contributed by atoms with Crippen molar-refractivity contribution in [1.82, 2.24) is 0 Å². The molecule has 0 N–H and O–H groups in total. The summed E-state index contributed by atoms with van der Waals surface area (Å²) in [5.74, 6) is 1.09. The topological polar surface area (TPSA) is 9.23 Å². The Labute approximate surface area is 68.9 Å². The third-order valence-electron chi connectivity index (χ3n) is 1.32. The molecule has 0 saturated carbocycles. The van der Waals surface area contributed by atoms with E-state index >= 15 is 0 Å². The van der Waals surface area contributed by atoms with Gasteiger partial charge in [-0.1, -0.05) is 0 Å². The first-order valence-electron chi connectivity index (χ1n) is 2.92. The molecule has 0 amide bonds. The summed E-state index contributed by atoms with van der Waals surface area (Å²) in [6.45, 7) is 0. The average molecular weight is 236 g/mol. The van der Waals surface area contributed by atoms with Gasteiger partial charge in [-0.15, -0.1) is 0 Å². The van der Waals surface area contributed by atoms with E-state index < -0.39 is 0 Å². The molecule has 0 aromatic carbocycles. The molecule has 9 heavy (non-hydrogen) atoms. The van der Waals surface area contributed by atoms with Crippen LogP contribution in [0.1, 0.15) is 12.8 Å². The minimum atomic E-state index is 1.06. The van der Waals surface area contributed by atoms with Crippen molar-refractivity contribution in [1.29, 1.82) is 0 Å². The van der Waals surface area contributed by atoms with E-state index in [0.717, 1.165) is 18.6 Å². The third kappa shape index (κ3) is 2.01. The Morgan fingerprint density at radius 3 is 2.67 bits per heavy atom. The fourth-order valence-electron chi connectivity index (χ4n) is 0.763. The van der Waals surface area contributed by atoms with Gasteiger partial charge < -0.3 is 4.74 Å². The molecule has 0 aliphatic heterocycles. The quantitative estimate of drug-likeness (QED) is 0.636. The summed E-state index contributed by atoms with van der Waals surface area (Å²) in [5.41, 5.74) is 0. The number of rotatable bonds is 1. The van der Waals surface area contributed by atoms with E-state index in [-0.39, 0.29) is 0 Å².